The molecular formula is C18H23NO. The van der Waals surface area contributed by atoms with Crippen molar-refractivity contribution in [1.82, 2.24) is 0 Å². The smallest absolute Gasteiger partial charge is 0.0681 e. The lowest BCUT2D eigenvalue weighted by molar-refractivity contribution is 0.282. The van der Waals surface area contributed by atoms with Gasteiger partial charge in [-0.15, -0.1) is 0 Å². The zero-order chi connectivity index (χ0) is 14.2. The molecule has 0 spiro atoms. The van der Waals surface area contributed by atoms with Crippen LogP contribution in [-0.2, 0) is 6.61 Å². The Morgan fingerprint density at radius 1 is 1.00 bits per heavy atom. The fraction of sp³-hybridized carbons (Fsp3) is 0.333. The highest BCUT2D eigenvalue weighted by molar-refractivity contribution is 5.46. The van der Waals surface area contributed by atoms with Crippen LogP contribution < -0.4 is 5.32 Å². The fourth-order valence-electron chi connectivity index (χ4n) is 2.32. The summed E-state index contributed by atoms with van der Waals surface area (Å²) in [7, 11) is 0. The topological polar surface area (TPSA) is 32.3 Å². The zero-order valence-corrected chi connectivity index (χ0v) is 12.0. The molecule has 1 unspecified atom stereocenters. The van der Waals surface area contributed by atoms with E-state index in [-0.39, 0.29) is 6.61 Å². The van der Waals surface area contributed by atoms with Crippen molar-refractivity contribution in [2.75, 3.05) is 5.32 Å². The molecule has 0 aliphatic heterocycles. The summed E-state index contributed by atoms with van der Waals surface area (Å²) >= 11 is 0. The predicted octanol–water partition coefficient (Wildman–Crippen LogP) is 4.52. The molecule has 0 fully saturated rings. The Morgan fingerprint density at radius 3 is 2.30 bits per heavy atom. The number of nitrogens with one attached hydrogen (secondary N) is 1. The van der Waals surface area contributed by atoms with Crippen LogP contribution in [0.1, 0.15) is 43.4 Å². The van der Waals surface area contributed by atoms with Crippen molar-refractivity contribution in [3.63, 3.8) is 0 Å². The van der Waals surface area contributed by atoms with Crippen LogP contribution in [0, 0.1) is 0 Å². The third-order valence-electron chi connectivity index (χ3n) is 3.53. The van der Waals surface area contributed by atoms with Crippen LogP contribution in [0.2, 0.25) is 0 Å². The number of aliphatic hydroxyl groups is 1. The molecule has 0 bridgehead atoms. The number of benzene rings is 2. The first kappa shape index (κ1) is 14.6. The van der Waals surface area contributed by atoms with E-state index in [4.69, 9.17) is 5.11 Å². The summed E-state index contributed by atoms with van der Waals surface area (Å²) in [4.78, 5) is 0. The first-order chi connectivity index (χ1) is 9.83. The molecule has 20 heavy (non-hydrogen) atoms. The van der Waals surface area contributed by atoms with Gasteiger partial charge in [0.1, 0.15) is 0 Å². The van der Waals surface area contributed by atoms with E-state index in [1.54, 1.807) is 0 Å². The molecule has 0 amide bonds. The highest BCUT2D eigenvalue weighted by Gasteiger charge is 2.10. The van der Waals surface area contributed by atoms with E-state index < -0.39 is 0 Å². The summed E-state index contributed by atoms with van der Waals surface area (Å²) in [6.07, 6.45) is 3.54. The van der Waals surface area contributed by atoms with E-state index in [1.165, 1.54) is 18.4 Å². The highest BCUT2D eigenvalue weighted by Crippen LogP contribution is 2.24. The summed E-state index contributed by atoms with van der Waals surface area (Å²) in [5.74, 6) is 0. The van der Waals surface area contributed by atoms with E-state index >= 15 is 0 Å². The lowest BCUT2D eigenvalue weighted by Gasteiger charge is -2.20. The van der Waals surface area contributed by atoms with Gasteiger partial charge in [0.05, 0.1) is 12.6 Å². The molecule has 2 aromatic carbocycles. The van der Waals surface area contributed by atoms with Crippen LogP contribution in [0.3, 0.4) is 0 Å². The predicted molar refractivity (Wildman–Crippen MR) is 84.7 cm³/mol. The van der Waals surface area contributed by atoms with E-state index in [1.807, 2.05) is 24.3 Å². The van der Waals surface area contributed by atoms with Crippen molar-refractivity contribution < 1.29 is 5.11 Å². The van der Waals surface area contributed by atoms with Crippen molar-refractivity contribution in [2.24, 2.45) is 0 Å². The second-order valence-corrected chi connectivity index (χ2v) is 5.10. The minimum absolute atomic E-state index is 0.0955. The third kappa shape index (κ3) is 4.10. The summed E-state index contributed by atoms with van der Waals surface area (Å²) in [6, 6.07) is 18.9. The van der Waals surface area contributed by atoms with Crippen LogP contribution in [0.5, 0.6) is 0 Å². The minimum Gasteiger partial charge on any atom is -0.392 e. The average molecular weight is 269 g/mol. The Labute approximate surface area is 121 Å². The molecule has 0 radical (unpaired) electrons. The van der Waals surface area contributed by atoms with E-state index in [2.05, 4.69) is 42.6 Å². The SMILES string of the molecule is CCCCC(Nc1ccc(CO)cc1)c1ccccc1. The normalized spacial score (nSPS) is 12.1. The summed E-state index contributed by atoms with van der Waals surface area (Å²) < 4.78 is 0. The summed E-state index contributed by atoms with van der Waals surface area (Å²) in [5.41, 5.74) is 3.37. The van der Waals surface area contributed by atoms with Gasteiger partial charge in [0.25, 0.3) is 0 Å². The second kappa shape index (κ2) is 7.71. The van der Waals surface area contributed by atoms with Gasteiger partial charge in [-0.2, -0.15) is 0 Å². The van der Waals surface area contributed by atoms with Gasteiger partial charge in [-0.05, 0) is 29.7 Å². The average Bonchev–Trinajstić information content (AvgIpc) is 2.53. The van der Waals surface area contributed by atoms with Gasteiger partial charge in [-0.25, -0.2) is 0 Å². The van der Waals surface area contributed by atoms with Gasteiger partial charge in [0.15, 0.2) is 0 Å². The number of aliphatic hydroxyl groups excluding tert-OH is 1. The number of unbranched alkanes of at least 4 members (excludes halogenated alkanes) is 1. The Kier molecular flexibility index (Phi) is 5.63. The van der Waals surface area contributed by atoms with Crippen LogP contribution in [0.4, 0.5) is 5.69 Å². The molecular weight excluding hydrogens is 246 g/mol. The summed E-state index contributed by atoms with van der Waals surface area (Å²) in [6.45, 7) is 2.32. The second-order valence-electron chi connectivity index (χ2n) is 5.10. The molecule has 0 aromatic heterocycles. The Hall–Kier alpha value is -1.80. The van der Waals surface area contributed by atoms with Crippen LogP contribution in [0.15, 0.2) is 54.6 Å². The molecule has 1 atom stereocenters. The van der Waals surface area contributed by atoms with Gasteiger partial charge < -0.3 is 10.4 Å². The molecule has 0 aliphatic carbocycles. The first-order valence-corrected chi connectivity index (χ1v) is 7.34. The Morgan fingerprint density at radius 2 is 1.70 bits per heavy atom. The molecule has 0 saturated heterocycles. The van der Waals surface area contributed by atoms with Gasteiger partial charge >= 0.3 is 0 Å². The van der Waals surface area contributed by atoms with Gasteiger partial charge in [0, 0.05) is 5.69 Å². The highest BCUT2D eigenvalue weighted by atomic mass is 16.3. The third-order valence-corrected chi connectivity index (χ3v) is 3.53. The number of anilines is 1. The molecule has 2 aromatic rings. The van der Waals surface area contributed by atoms with Crippen molar-refractivity contribution in [1.29, 1.82) is 0 Å². The number of hydrogen-bond donors (Lipinski definition) is 2. The zero-order valence-electron chi connectivity index (χ0n) is 12.0. The van der Waals surface area contributed by atoms with Crippen molar-refractivity contribution in [3.05, 3.63) is 65.7 Å². The molecule has 2 nitrogen and oxygen atoms in total. The maximum atomic E-state index is 9.08. The monoisotopic (exact) mass is 269 g/mol. The lowest BCUT2D eigenvalue weighted by Crippen LogP contribution is -2.10. The largest absolute Gasteiger partial charge is 0.392 e. The van der Waals surface area contributed by atoms with Gasteiger partial charge in [-0.3, -0.25) is 0 Å². The van der Waals surface area contributed by atoms with Crippen molar-refractivity contribution in [3.8, 4) is 0 Å². The quantitative estimate of drug-likeness (QED) is 0.774. The van der Waals surface area contributed by atoms with Crippen molar-refractivity contribution in [2.45, 2.75) is 38.8 Å². The standard InChI is InChI=1S/C18H23NO/c1-2-3-9-18(16-7-5-4-6-8-16)19-17-12-10-15(14-20)11-13-17/h4-8,10-13,18-20H,2-3,9,14H2,1H3. The lowest BCUT2D eigenvalue weighted by atomic mass is 10.0. The molecule has 106 valence electrons. The minimum atomic E-state index is 0.0955. The number of hydrogen-bond acceptors (Lipinski definition) is 2. The Balaban J connectivity index is 2.10. The van der Waals surface area contributed by atoms with Crippen LogP contribution in [0.25, 0.3) is 0 Å². The molecule has 2 rings (SSSR count). The van der Waals surface area contributed by atoms with Gasteiger partial charge in [-0.1, -0.05) is 62.2 Å². The fourth-order valence-corrected chi connectivity index (χ4v) is 2.32. The van der Waals surface area contributed by atoms with Gasteiger partial charge in [0.2, 0.25) is 0 Å². The molecule has 2 N–H and O–H groups in total. The first-order valence-electron chi connectivity index (χ1n) is 7.34. The number of rotatable bonds is 7. The molecule has 0 aliphatic rings. The molecule has 0 heterocycles. The maximum Gasteiger partial charge on any atom is 0.0681 e. The van der Waals surface area contributed by atoms with Crippen molar-refractivity contribution >= 4 is 5.69 Å². The van der Waals surface area contributed by atoms with E-state index in [0.717, 1.165) is 17.7 Å². The molecule has 2 heteroatoms. The molecule has 0 saturated carbocycles. The van der Waals surface area contributed by atoms with E-state index in [9.17, 15) is 0 Å². The van der Waals surface area contributed by atoms with Crippen LogP contribution in [-0.4, -0.2) is 5.11 Å². The van der Waals surface area contributed by atoms with E-state index in [0.29, 0.717) is 6.04 Å². The summed E-state index contributed by atoms with van der Waals surface area (Å²) in [5, 5.41) is 12.7. The van der Waals surface area contributed by atoms with Crippen LogP contribution >= 0.6 is 0 Å². The maximum absolute atomic E-state index is 9.08. The Bertz CT molecular complexity index is 493.